The number of nitrogens with zero attached hydrogens (tertiary/aromatic N) is 2. The molecule has 11 heteroatoms. The van der Waals surface area contributed by atoms with E-state index in [0.717, 1.165) is 59.0 Å². The van der Waals surface area contributed by atoms with Crippen molar-refractivity contribution < 1.29 is 27.6 Å². The third kappa shape index (κ3) is 9.08. The van der Waals surface area contributed by atoms with Gasteiger partial charge in [-0.25, -0.2) is 0 Å². The Morgan fingerprint density at radius 2 is 1.48 bits per heavy atom. The van der Waals surface area contributed by atoms with Crippen molar-refractivity contribution in [1.82, 2.24) is 25.8 Å². The van der Waals surface area contributed by atoms with Crippen molar-refractivity contribution in [2.75, 3.05) is 39.3 Å². The molecule has 3 amide bonds. The second-order valence-electron chi connectivity index (χ2n) is 13.2. The monoisotopic (exact) mass is 685 g/mol. The predicted octanol–water partition coefficient (Wildman–Crippen LogP) is 4.93. The predicted molar refractivity (Wildman–Crippen MR) is 187 cm³/mol. The molecule has 4 aromatic rings. The van der Waals surface area contributed by atoms with Crippen LogP contribution in [0, 0.1) is 5.92 Å². The Morgan fingerprint density at radius 1 is 0.820 bits per heavy atom. The summed E-state index contributed by atoms with van der Waals surface area (Å²) >= 11 is 0. The minimum absolute atomic E-state index is 0.116. The van der Waals surface area contributed by atoms with Crippen molar-refractivity contribution in [2.24, 2.45) is 5.92 Å². The SMILES string of the molecule is O=C1N[C@@H](Cc2ccc3ccccc3c2)C(=O)N(Cc2ccc(-c3ccccc3)cc2)[C@H]1CN(CC1CCNCC1)C(=O)CNCC(F)(F)F. The number of piperazine rings is 1. The van der Waals surface area contributed by atoms with Gasteiger partial charge in [0, 0.05) is 19.5 Å². The van der Waals surface area contributed by atoms with E-state index in [-0.39, 0.29) is 37.9 Å². The number of carbonyl (C=O) groups excluding carboxylic acids is 3. The van der Waals surface area contributed by atoms with Crippen LogP contribution in [0.2, 0.25) is 0 Å². The molecule has 0 radical (unpaired) electrons. The fraction of sp³-hybridized carbons (Fsp3) is 0.359. The summed E-state index contributed by atoms with van der Waals surface area (Å²) in [5, 5.41) is 10.5. The zero-order chi connectivity index (χ0) is 35.1. The number of carbonyl (C=O) groups is 3. The third-order valence-corrected chi connectivity index (χ3v) is 9.53. The van der Waals surface area contributed by atoms with Crippen LogP contribution >= 0.6 is 0 Å². The molecular formula is C39H42F3N5O3. The summed E-state index contributed by atoms with van der Waals surface area (Å²) in [7, 11) is 0. The average molecular weight is 686 g/mol. The normalized spacial score (nSPS) is 18.7. The highest BCUT2D eigenvalue weighted by Crippen LogP contribution is 2.24. The lowest BCUT2D eigenvalue weighted by atomic mass is 9.95. The molecule has 3 N–H and O–H groups in total. The topological polar surface area (TPSA) is 93.8 Å². The van der Waals surface area contributed by atoms with Gasteiger partial charge in [0.05, 0.1) is 19.6 Å². The van der Waals surface area contributed by atoms with Crippen LogP contribution in [0.25, 0.3) is 21.9 Å². The molecule has 2 fully saturated rings. The Balaban J connectivity index is 1.26. The number of piperidine rings is 1. The zero-order valence-electron chi connectivity index (χ0n) is 27.8. The van der Waals surface area contributed by atoms with Crippen molar-refractivity contribution in [3.63, 3.8) is 0 Å². The first-order chi connectivity index (χ1) is 24.1. The Kier molecular flexibility index (Phi) is 11.1. The quantitative estimate of drug-likeness (QED) is 0.197. The first kappa shape index (κ1) is 35.1. The molecule has 2 aliphatic heterocycles. The van der Waals surface area contributed by atoms with Gasteiger partial charge in [0.1, 0.15) is 12.1 Å². The number of benzene rings is 4. The molecule has 2 aliphatic rings. The van der Waals surface area contributed by atoms with Crippen LogP contribution in [0.5, 0.6) is 0 Å². The van der Waals surface area contributed by atoms with E-state index in [1.807, 2.05) is 97.1 Å². The maximum Gasteiger partial charge on any atom is 0.401 e. The van der Waals surface area contributed by atoms with Gasteiger partial charge < -0.3 is 25.8 Å². The van der Waals surface area contributed by atoms with Gasteiger partial charge >= 0.3 is 6.18 Å². The molecule has 0 aromatic heterocycles. The lowest BCUT2D eigenvalue weighted by Crippen LogP contribution is -2.66. The Morgan fingerprint density at radius 3 is 2.20 bits per heavy atom. The number of amides is 3. The standard InChI is InChI=1S/C39H42F3N5O3/c40-39(41,42)26-44-22-36(48)46(23-28-16-18-43-19-17-28)25-35-37(49)45-34(21-29-12-15-31-8-4-5-9-33(31)20-29)38(50)47(35)24-27-10-13-32(14-11-27)30-6-2-1-3-7-30/h1-15,20,28,34-35,43-44H,16-19,21-26H2,(H,45,49)/t34-,35-/m0/s1. The number of hydrogen-bond acceptors (Lipinski definition) is 5. The lowest BCUT2D eigenvalue weighted by Gasteiger charge is -2.42. The van der Waals surface area contributed by atoms with Crippen LogP contribution in [-0.2, 0) is 27.3 Å². The van der Waals surface area contributed by atoms with Crippen molar-refractivity contribution in [1.29, 1.82) is 0 Å². The first-order valence-corrected chi connectivity index (χ1v) is 17.1. The molecule has 262 valence electrons. The van der Waals surface area contributed by atoms with Gasteiger partial charge in [-0.3, -0.25) is 14.4 Å². The molecule has 2 heterocycles. The van der Waals surface area contributed by atoms with E-state index < -0.39 is 43.2 Å². The van der Waals surface area contributed by atoms with Gasteiger partial charge in [0.25, 0.3) is 0 Å². The molecule has 50 heavy (non-hydrogen) atoms. The molecule has 0 aliphatic carbocycles. The summed E-state index contributed by atoms with van der Waals surface area (Å²) in [5.41, 5.74) is 3.76. The average Bonchev–Trinajstić information content (AvgIpc) is 3.12. The molecule has 0 saturated carbocycles. The Hall–Kier alpha value is -4.74. The molecule has 4 aromatic carbocycles. The summed E-state index contributed by atoms with van der Waals surface area (Å²) in [6.45, 7) is -0.0127. The minimum atomic E-state index is -4.47. The molecule has 2 saturated heterocycles. The fourth-order valence-corrected chi connectivity index (χ4v) is 6.85. The second kappa shape index (κ2) is 15.9. The van der Waals surface area contributed by atoms with Crippen LogP contribution in [0.4, 0.5) is 13.2 Å². The number of fused-ring (bicyclic) bond motifs is 1. The van der Waals surface area contributed by atoms with Gasteiger partial charge in [0.2, 0.25) is 17.7 Å². The highest BCUT2D eigenvalue weighted by atomic mass is 19.4. The van der Waals surface area contributed by atoms with Gasteiger partial charge in [-0.2, -0.15) is 13.2 Å². The largest absolute Gasteiger partial charge is 0.401 e. The summed E-state index contributed by atoms with van der Waals surface area (Å²) in [5.74, 6) is -1.11. The van der Waals surface area contributed by atoms with Crippen molar-refractivity contribution in [3.8, 4) is 11.1 Å². The number of rotatable bonds is 12. The summed E-state index contributed by atoms with van der Waals surface area (Å²) in [6.07, 6.45) is -2.60. The van der Waals surface area contributed by atoms with Gasteiger partial charge in [-0.05, 0) is 64.9 Å². The first-order valence-electron chi connectivity index (χ1n) is 17.1. The smallest absolute Gasteiger partial charge is 0.342 e. The molecular weight excluding hydrogens is 643 g/mol. The zero-order valence-corrected chi connectivity index (χ0v) is 27.8. The Bertz CT molecular complexity index is 1780. The molecule has 6 rings (SSSR count). The summed E-state index contributed by atoms with van der Waals surface area (Å²) in [4.78, 5) is 44.8. The maximum absolute atomic E-state index is 14.3. The van der Waals surface area contributed by atoms with E-state index >= 15 is 0 Å². The molecule has 0 spiro atoms. The fourth-order valence-electron chi connectivity index (χ4n) is 6.85. The van der Waals surface area contributed by atoms with Crippen LogP contribution < -0.4 is 16.0 Å². The van der Waals surface area contributed by atoms with Crippen LogP contribution in [0.15, 0.2) is 97.1 Å². The van der Waals surface area contributed by atoms with E-state index in [1.54, 1.807) is 0 Å². The highest BCUT2D eigenvalue weighted by Gasteiger charge is 2.42. The van der Waals surface area contributed by atoms with Crippen LogP contribution in [-0.4, -0.2) is 85.0 Å². The number of nitrogens with one attached hydrogen (secondary N) is 3. The maximum atomic E-state index is 14.3. The molecule has 2 atom stereocenters. The number of halogens is 3. The van der Waals surface area contributed by atoms with Crippen LogP contribution in [0.3, 0.4) is 0 Å². The van der Waals surface area contributed by atoms with E-state index in [9.17, 15) is 27.6 Å². The van der Waals surface area contributed by atoms with Gasteiger partial charge in [-0.1, -0.05) is 97.1 Å². The van der Waals surface area contributed by atoms with Gasteiger partial charge in [0.15, 0.2) is 0 Å². The van der Waals surface area contributed by atoms with Crippen molar-refractivity contribution in [3.05, 3.63) is 108 Å². The number of hydrogen-bond donors (Lipinski definition) is 3. The molecule has 0 unspecified atom stereocenters. The van der Waals surface area contributed by atoms with E-state index in [4.69, 9.17) is 0 Å². The van der Waals surface area contributed by atoms with E-state index in [0.29, 0.717) is 0 Å². The van der Waals surface area contributed by atoms with Crippen LogP contribution in [0.1, 0.15) is 24.0 Å². The number of alkyl halides is 3. The van der Waals surface area contributed by atoms with Crippen molar-refractivity contribution in [2.45, 2.75) is 44.1 Å². The lowest BCUT2D eigenvalue weighted by molar-refractivity contribution is -0.152. The second-order valence-corrected chi connectivity index (χ2v) is 13.2. The van der Waals surface area contributed by atoms with Gasteiger partial charge in [-0.15, -0.1) is 0 Å². The molecule has 0 bridgehead atoms. The van der Waals surface area contributed by atoms with Crippen molar-refractivity contribution >= 4 is 28.5 Å². The summed E-state index contributed by atoms with van der Waals surface area (Å²) in [6, 6.07) is 29.7. The highest BCUT2D eigenvalue weighted by molar-refractivity contribution is 5.97. The van der Waals surface area contributed by atoms with E-state index in [2.05, 4.69) is 16.0 Å². The minimum Gasteiger partial charge on any atom is -0.342 e. The van der Waals surface area contributed by atoms with E-state index in [1.165, 1.54) is 9.80 Å². The Labute approximate surface area is 290 Å². The molecule has 8 nitrogen and oxygen atoms in total. The summed E-state index contributed by atoms with van der Waals surface area (Å²) < 4.78 is 38.7. The third-order valence-electron chi connectivity index (χ3n) is 9.53.